The lowest BCUT2D eigenvalue weighted by molar-refractivity contribution is -0.303. The molecule has 0 aromatic heterocycles. The zero-order valence-electron chi connectivity index (χ0n) is 18.8. The van der Waals surface area contributed by atoms with Crippen molar-refractivity contribution in [2.75, 3.05) is 0 Å². The standard InChI is InChI=1S/C26H30N4O2/c1-3-5-9-18(4-2)22-24(15-27,16-28)25(17-29)21-14-20(19-10-7-6-8-11-19)12-13-26(21,31-22)32-23(25)30/h6-8,10-11,18,20-22,30H,3-5,9,12-14H2,1-2H3. The maximum absolute atomic E-state index is 10.5. The largest absolute Gasteiger partial charge is 0.447 e. The van der Waals surface area contributed by atoms with Crippen LogP contribution < -0.4 is 0 Å². The maximum Gasteiger partial charge on any atom is 0.217 e. The second-order valence-electron chi connectivity index (χ2n) is 9.48. The molecule has 6 nitrogen and oxygen atoms in total. The summed E-state index contributed by atoms with van der Waals surface area (Å²) in [6.45, 7) is 4.14. The van der Waals surface area contributed by atoms with Gasteiger partial charge in [0.05, 0.1) is 30.2 Å². The Bertz CT molecular complexity index is 989. The van der Waals surface area contributed by atoms with Crippen LogP contribution in [-0.2, 0) is 9.47 Å². The second kappa shape index (κ2) is 8.23. The predicted molar refractivity (Wildman–Crippen MR) is 118 cm³/mol. The lowest BCUT2D eigenvalue weighted by Gasteiger charge is -2.54. The SMILES string of the molecule is CCCCC(CC)C1OC23CCC(c4ccccc4)CC2C(C#N)(C(=N)O3)C1(C#N)C#N. The number of nitrogens with one attached hydrogen (secondary N) is 1. The van der Waals surface area contributed by atoms with Crippen LogP contribution in [-0.4, -0.2) is 17.8 Å². The van der Waals surface area contributed by atoms with E-state index in [1.165, 1.54) is 0 Å². The van der Waals surface area contributed by atoms with Gasteiger partial charge in [-0.3, -0.25) is 5.41 Å². The van der Waals surface area contributed by atoms with Crippen molar-refractivity contribution in [2.24, 2.45) is 22.7 Å². The summed E-state index contributed by atoms with van der Waals surface area (Å²) >= 11 is 0. The summed E-state index contributed by atoms with van der Waals surface area (Å²) < 4.78 is 12.7. The van der Waals surface area contributed by atoms with Crippen LogP contribution in [0.3, 0.4) is 0 Å². The molecule has 2 heterocycles. The number of hydrogen-bond acceptors (Lipinski definition) is 6. The molecule has 1 N–H and O–H groups in total. The Labute approximate surface area is 190 Å². The summed E-state index contributed by atoms with van der Waals surface area (Å²) in [5, 5.41) is 40.2. The topological polar surface area (TPSA) is 114 Å². The van der Waals surface area contributed by atoms with Crippen LogP contribution in [0.15, 0.2) is 30.3 Å². The third-order valence-electron chi connectivity index (χ3n) is 8.10. The van der Waals surface area contributed by atoms with Crippen molar-refractivity contribution in [3.05, 3.63) is 35.9 Å². The molecule has 1 aromatic rings. The van der Waals surface area contributed by atoms with Crippen molar-refractivity contribution in [3.63, 3.8) is 0 Å². The normalized spacial score (nSPS) is 35.5. The van der Waals surface area contributed by atoms with Gasteiger partial charge in [-0.1, -0.05) is 63.4 Å². The van der Waals surface area contributed by atoms with Gasteiger partial charge in [0.2, 0.25) is 11.7 Å². The zero-order valence-corrected chi connectivity index (χ0v) is 18.8. The third-order valence-corrected chi connectivity index (χ3v) is 8.10. The highest BCUT2D eigenvalue weighted by Crippen LogP contribution is 2.68. The van der Waals surface area contributed by atoms with Gasteiger partial charge in [0.15, 0.2) is 10.8 Å². The maximum atomic E-state index is 10.5. The van der Waals surface area contributed by atoms with Crippen LogP contribution in [0.25, 0.3) is 0 Å². The van der Waals surface area contributed by atoms with Crippen LogP contribution in [0.5, 0.6) is 0 Å². The Morgan fingerprint density at radius 1 is 1.12 bits per heavy atom. The average molecular weight is 431 g/mol. The quantitative estimate of drug-likeness (QED) is 0.646. The summed E-state index contributed by atoms with van der Waals surface area (Å²) in [7, 11) is 0. The number of rotatable bonds is 6. The zero-order chi connectivity index (χ0) is 23.0. The smallest absolute Gasteiger partial charge is 0.217 e. The summed E-state index contributed by atoms with van der Waals surface area (Å²) in [6, 6.07) is 16.8. The van der Waals surface area contributed by atoms with E-state index in [4.69, 9.17) is 14.9 Å². The molecule has 1 saturated carbocycles. The predicted octanol–water partition coefficient (Wildman–Crippen LogP) is 5.43. The number of nitriles is 3. The van der Waals surface area contributed by atoms with E-state index >= 15 is 0 Å². The van der Waals surface area contributed by atoms with Crippen LogP contribution in [0.4, 0.5) is 0 Å². The molecule has 2 saturated heterocycles. The van der Waals surface area contributed by atoms with Gasteiger partial charge in [0.1, 0.15) is 0 Å². The van der Waals surface area contributed by atoms with Crippen LogP contribution in [0, 0.1) is 62.1 Å². The first-order chi connectivity index (χ1) is 15.5. The summed E-state index contributed by atoms with van der Waals surface area (Å²) in [6.07, 6.45) is 4.62. The Balaban J connectivity index is 1.83. The van der Waals surface area contributed by atoms with Crippen molar-refractivity contribution in [2.45, 2.75) is 76.6 Å². The molecule has 3 fully saturated rings. The van der Waals surface area contributed by atoms with Gasteiger partial charge in [0, 0.05) is 6.42 Å². The van der Waals surface area contributed by atoms with Crippen molar-refractivity contribution in [1.82, 2.24) is 0 Å². The van der Waals surface area contributed by atoms with Gasteiger partial charge in [0.25, 0.3) is 0 Å². The fraction of sp³-hybridized carbons (Fsp3) is 0.615. The van der Waals surface area contributed by atoms with E-state index in [1.54, 1.807) is 0 Å². The minimum Gasteiger partial charge on any atom is -0.447 e. The number of nitrogens with zero attached hydrogens (tertiary/aromatic N) is 3. The molecule has 0 radical (unpaired) electrons. The van der Waals surface area contributed by atoms with Crippen molar-refractivity contribution in [3.8, 4) is 18.2 Å². The molecule has 6 unspecified atom stereocenters. The number of hydrogen-bond donors (Lipinski definition) is 1. The molecule has 1 aliphatic carbocycles. The van der Waals surface area contributed by atoms with Crippen LogP contribution >= 0.6 is 0 Å². The van der Waals surface area contributed by atoms with E-state index in [9.17, 15) is 15.8 Å². The van der Waals surface area contributed by atoms with Gasteiger partial charge in [-0.2, -0.15) is 15.8 Å². The molecular weight excluding hydrogens is 400 g/mol. The molecule has 1 aromatic carbocycles. The molecule has 6 atom stereocenters. The molecule has 6 heteroatoms. The Kier molecular flexibility index (Phi) is 5.74. The molecule has 4 rings (SSSR count). The summed E-state index contributed by atoms with van der Waals surface area (Å²) in [4.78, 5) is 0. The summed E-state index contributed by atoms with van der Waals surface area (Å²) in [5.74, 6) is -1.81. The Morgan fingerprint density at radius 2 is 1.84 bits per heavy atom. The highest BCUT2D eigenvalue weighted by atomic mass is 16.7. The minimum atomic E-state index is -1.78. The fourth-order valence-electron chi connectivity index (χ4n) is 6.38. The minimum absolute atomic E-state index is 0.0545. The first-order valence-corrected chi connectivity index (χ1v) is 11.7. The van der Waals surface area contributed by atoms with E-state index in [0.29, 0.717) is 12.8 Å². The second-order valence-corrected chi connectivity index (χ2v) is 9.48. The van der Waals surface area contributed by atoms with Crippen LogP contribution in [0.1, 0.15) is 70.3 Å². The van der Waals surface area contributed by atoms with Crippen LogP contribution in [0.2, 0.25) is 0 Å². The van der Waals surface area contributed by atoms with Gasteiger partial charge in [-0.25, -0.2) is 0 Å². The number of benzene rings is 1. The van der Waals surface area contributed by atoms with E-state index in [-0.39, 0.29) is 17.7 Å². The molecular formula is C26H30N4O2. The highest BCUT2D eigenvalue weighted by molar-refractivity contribution is 5.89. The van der Waals surface area contributed by atoms with E-state index in [0.717, 1.165) is 37.7 Å². The Morgan fingerprint density at radius 3 is 2.44 bits per heavy atom. The Hall–Kier alpha value is -2.88. The molecule has 32 heavy (non-hydrogen) atoms. The molecule has 0 spiro atoms. The monoisotopic (exact) mass is 430 g/mol. The number of unbranched alkanes of at least 4 members (excludes halogenated alkanes) is 1. The van der Waals surface area contributed by atoms with Gasteiger partial charge < -0.3 is 9.47 Å². The van der Waals surface area contributed by atoms with Gasteiger partial charge in [-0.15, -0.1) is 0 Å². The van der Waals surface area contributed by atoms with Crippen molar-refractivity contribution >= 4 is 5.90 Å². The average Bonchev–Trinajstić information content (AvgIpc) is 3.04. The lowest BCUT2D eigenvalue weighted by atomic mass is 9.49. The van der Waals surface area contributed by atoms with Crippen molar-refractivity contribution < 1.29 is 9.47 Å². The van der Waals surface area contributed by atoms with E-state index in [2.05, 4.69) is 37.3 Å². The fourth-order valence-corrected chi connectivity index (χ4v) is 6.38. The number of ether oxygens (including phenoxy) is 2. The first kappa shape index (κ1) is 22.3. The van der Waals surface area contributed by atoms with E-state index < -0.39 is 28.6 Å². The molecule has 3 aliphatic rings. The van der Waals surface area contributed by atoms with Crippen molar-refractivity contribution in [1.29, 1.82) is 21.2 Å². The molecule has 2 bridgehead atoms. The first-order valence-electron chi connectivity index (χ1n) is 11.7. The molecule has 2 aliphatic heterocycles. The van der Waals surface area contributed by atoms with Gasteiger partial charge in [-0.05, 0) is 36.7 Å². The highest BCUT2D eigenvalue weighted by Gasteiger charge is 2.81. The van der Waals surface area contributed by atoms with Gasteiger partial charge >= 0.3 is 0 Å². The third kappa shape index (κ3) is 2.81. The lowest BCUT2D eigenvalue weighted by Crippen LogP contribution is -2.65. The summed E-state index contributed by atoms with van der Waals surface area (Å²) in [5.41, 5.74) is -2.25. The molecule has 166 valence electrons. The molecule has 0 amide bonds. The van der Waals surface area contributed by atoms with E-state index in [1.807, 2.05) is 25.1 Å².